The monoisotopic (exact) mass is 467 g/mol. The molecule has 9 nitrogen and oxygen atoms in total. The molecule has 34 heavy (non-hydrogen) atoms. The summed E-state index contributed by atoms with van der Waals surface area (Å²) in [5.41, 5.74) is 2.24. The average Bonchev–Trinajstić information content (AvgIpc) is 3.52. The summed E-state index contributed by atoms with van der Waals surface area (Å²) in [5.74, 6) is -0.00297. The maximum Gasteiger partial charge on any atom is 0.319 e. The zero-order valence-corrected chi connectivity index (χ0v) is 18.8. The highest BCUT2D eigenvalue weighted by Gasteiger charge is 2.16. The molecule has 3 amide bonds. The Balaban J connectivity index is 1.21. The van der Waals surface area contributed by atoms with Crippen LogP contribution in [0.5, 0.6) is 0 Å². The second kappa shape index (κ2) is 10.9. The van der Waals surface area contributed by atoms with Gasteiger partial charge in [-0.1, -0.05) is 17.3 Å². The number of carbonyl (C=O) groups excluding carboxylic acids is 2. The van der Waals surface area contributed by atoms with Gasteiger partial charge in [0.15, 0.2) is 0 Å². The lowest BCUT2D eigenvalue weighted by Gasteiger charge is -2.12. The SMILES string of the molecule is Cc1ccc(-c2noc(CCC(=O)Nc3ccc(NC(=O)NCC4CCCO4)cc3)n2)cc1F. The number of carbonyl (C=O) groups is 2. The van der Waals surface area contributed by atoms with Gasteiger partial charge in [-0.25, -0.2) is 9.18 Å². The molecule has 4 rings (SSSR count). The first-order valence-electron chi connectivity index (χ1n) is 11.1. The lowest BCUT2D eigenvalue weighted by molar-refractivity contribution is -0.116. The quantitative estimate of drug-likeness (QED) is 0.460. The molecule has 1 fully saturated rings. The van der Waals surface area contributed by atoms with Crippen molar-refractivity contribution in [3.8, 4) is 11.4 Å². The van der Waals surface area contributed by atoms with E-state index in [1.165, 1.54) is 6.07 Å². The van der Waals surface area contributed by atoms with Crippen molar-refractivity contribution in [2.45, 2.75) is 38.7 Å². The highest BCUT2D eigenvalue weighted by molar-refractivity contribution is 5.92. The number of amides is 3. The maximum atomic E-state index is 13.7. The van der Waals surface area contributed by atoms with Crippen LogP contribution in [0.15, 0.2) is 47.0 Å². The van der Waals surface area contributed by atoms with Crippen molar-refractivity contribution in [2.24, 2.45) is 0 Å². The van der Waals surface area contributed by atoms with Gasteiger partial charge < -0.3 is 25.2 Å². The summed E-state index contributed by atoms with van der Waals surface area (Å²) < 4.78 is 24.4. The second-order valence-corrected chi connectivity index (χ2v) is 8.07. The summed E-state index contributed by atoms with van der Waals surface area (Å²) in [6.07, 6.45) is 2.43. The normalized spacial score (nSPS) is 15.2. The number of halogens is 1. The molecule has 0 bridgehead atoms. The molecule has 1 aromatic heterocycles. The molecule has 0 spiro atoms. The predicted octanol–water partition coefficient (Wildman–Crippen LogP) is 4.06. The predicted molar refractivity (Wildman–Crippen MR) is 124 cm³/mol. The van der Waals surface area contributed by atoms with Gasteiger partial charge in [0.05, 0.1) is 6.10 Å². The number of nitrogens with zero attached hydrogens (tertiary/aromatic N) is 2. The van der Waals surface area contributed by atoms with Crippen LogP contribution in [0.2, 0.25) is 0 Å². The summed E-state index contributed by atoms with van der Waals surface area (Å²) in [5, 5.41) is 12.2. The van der Waals surface area contributed by atoms with Gasteiger partial charge in [-0.15, -0.1) is 0 Å². The van der Waals surface area contributed by atoms with Crippen LogP contribution < -0.4 is 16.0 Å². The third-order valence-electron chi connectivity index (χ3n) is 5.40. The molecule has 0 radical (unpaired) electrons. The molecular weight excluding hydrogens is 441 g/mol. The zero-order valence-electron chi connectivity index (χ0n) is 18.8. The number of anilines is 2. The van der Waals surface area contributed by atoms with E-state index >= 15 is 0 Å². The van der Waals surface area contributed by atoms with Crippen LogP contribution in [-0.4, -0.2) is 41.3 Å². The van der Waals surface area contributed by atoms with Gasteiger partial charge in [-0.2, -0.15) is 4.98 Å². The first-order chi connectivity index (χ1) is 16.5. The Labute approximate surface area is 196 Å². The van der Waals surface area contributed by atoms with Crippen LogP contribution in [0.4, 0.5) is 20.6 Å². The van der Waals surface area contributed by atoms with Crippen LogP contribution in [-0.2, 0) is 16.0 Å². The van der Waals surface area contributed by atoms with Gasteiger partial charge in [0, 0.05) is 42.9 Å². The smallest absolute Gasteiger partial charge is 0.319 e. The summed E-state index contributed by atoms with van der Waals surface area (Å²) in [7, 11) is 0. The number of rotatable bonds is 8. The molecule has 3 aromatic rings. The van der Waals surface area contributed by atoms with Crippen LogP contribution in [0.25, 0.3) is 11.4 Å². The van der Waals surface area contributed by atoms with E-state index in [1.807, 2.05) is 0 Å². The van der Waals surface area contributed by atoms with Gasteiger partial charge >= 0.3 is 6.03 Å². The summed E-state index contributed by atoms with van der Waals surface area (Å²) >= 11 is 0. The molecule has 0 saturated carbocycles. The number of aryl methyl sites for hydroxylation is 2. The van der Waals surface area contributed by atoms with Crippen LogP contribution in [0.1, 0.15) is 30.7 Å². The fraction of sp³-hybridized carbons (Fsp3) is 0.333. The van der Waals surface area contributed by atoms with E-state index in [0.29, 0.717) is 34.9 Å². The highest BCUT2D eigenvalue weighted by Crippen LogP contribution is 2.20. The molecule has 0 aliphatic carbocycles. The Morgan fingerprint density at radius 2 is 1.88 bits per heavy atom. The molecule has 1 aliphatic rings. The van der Waals surface area contributed by atoms with E-state index < -0.39 is 0 Å². The molecule has 3 N–H and O–H groups in total. The van der Waals surface area contributed by atoms with Crippen LogP contribution in [0.3, 0.4) is 0 Å². The van der Waals surface area contributed by atoms with Crippen molar-refractivity contribution >= 4 is 23.3 Å². The number of ether oxygens (including phenoxy) is 1. The first kappa shape index (κ1) is 23.4. The Hall–Kier alpha value is -3.79. The van der Waals surface area contributed by atoms with Crippen molar-refractivity contribution in [2.75, 3.05) is 23.8 Å². The van der Waals surface area contributed by atoms with Gasteiger partial charge in [0.1, 0.15) is 5.82 Å². The first-order valence-corrected chi connectivity index (χ1v) is 11.1. The molecule has 2 aromatic carbocycles. The van der Waals surface area contributed by atoms with Gasteiger partial charge in [-0.3, -0.25) is 4.79 Å². The van der Waals surface area contributed by atoms with Crippen molar-refractivity contribution in [3.05, 3.63) is 59.7 Å². The van der Waals surface area contributed by atoms with E-state index in [9.17, 15) is 14.0 Å². The lowest BCUT2D eigenvalue weighted by Crippen LogP contribution is -2.35. The molecule has 1 aliphatic heterocycles. The number of aromatic nitrogens is 2. The highest BCUT2D eigenvalue weighted by atomic mass is 19.1. The van der Waals surface area contributed by atoms with Crippen LogP contribution in [0, 0.1) is 12.7 Å². The Morgan fingerprint density at radius 1 is 1.12 bits per heavy atom. The molecule has 2 heterocycles. The van der Waals surface area contributed by atoms with Crippen molar-refractivity contribution in [1.82, 2.24) is 15.5 Å². The van der Waals surface area contributed by atoms with E-state index in [1.54, 1.807) is 43.3 Å². The van der Waals surface area contributed by atoms with Crippen LogP contribution >= 0.6 is 0 Å². The Bertz CT molecular complexity index is 1140. The van der Waals surface area contributed by atoms with E-state index in [0.717, 1.165) is 19.4 Å². The molecule has 1 unspecified atom stereocenters. The van der Waals surface area contributed by atoms with Crippen molar-refractivity contribution < 1.29 is 23.2 Å². The molecule has 1 saturated heterocycles. The standard InChI is InChI=1S/C24H26FN5O4/c1-15-4-5-16(13-20(15)25)23-29-22(34-30-23)11-10-21(31)27-17-6-8-18(9-7-17)28-24(32)26-14-19-3-2-12-33-19/h4-9,13,19H,2-3,10-12,14H2,1H3,(H,27,31)(H2,26,28,32). The van der Waals surface area contributed by atoms with Crippen molar-refractivity contribution in [3.63, 3.8) is 0 Å². The lowest BCUT2D eigenvalue weighted by atomic mass is 10.1. The summed E-state index contributed by atoms with van der Waals surface area (Å²) in [4.78, 5) is 28.5. The minimum Gasteiger partial charge on any atom is -0.376 e. The van der Waals surface area contributed by atoms with Crippen molar-refractivity contribution in [1.29, 1.82) is 0 Å². The fourth-order valence-corrected chi connectivity index (χ4v) is 3.47. The second-order valence-electron chi connectivity index (χ2n) is 8.07. The topological polar surface area (TPSA) is 118 Å². The zero-order chi connectivity index (χ0) is 23.9. The van der Waals surface area contributed by atoms with Gasteiger partial charge in [0.25, 0.3) is 0 Å². The molecular formula is C24H26FN5O4. The third kappa shape index (κ3) is 6.38. The minimum absolute atomic E-state index is 0.0766. The third-order valence-corrected chi connectivity index (χ3v) is 5.40. The number of hydrogen-bond acceptors (Lipinski definition) is 6. The summed E-state index contributed by atoms with van der Waals surface area (Å²) in [6, 6.07) is 11.2. The number of benzene rings is 2. The molecule has 1 atom stereocenters. The molecule has 178 valence electrons. The van der Waals surface area contributed by atoms with E-state index in [4.69, 9.17) is 9.26 Å². The Kier molecular flexibility index (Phi) is 7.48. The van der Waals surface area contributed by atoms with E-state index in [2.05, 4.69) is 26.1 Å². The van der Waals surface area contributed by atoms with Gasteiger partial charge in [-0.05, 0) is 55.7 Å². The number of urea groups is 1. The maximum absolute atomic E-state index is 13.7. The molecule has 10 heteroatoms. The number of hydrogen-bond donors (Lipinski definition) is 3. The Morgan fingerprint density at radius 3 is 2.59 bits per heavy atom. The van der Waals surface area contributed by atoms with E-state index in [-0.39, 0.29) is 42.5 Å². The van der Waals surface area contributed by atoms with Gasteiger partial charge in [0.2, 0.25) is 17.6 Å². The largest absolute Gasteiger partial charge is 0.376 e. The summed E-state index contributed by atoms with van der Waals surface area (Å²) in [6.45, 7) is 2.89. The fourth-order valence-electron chi connectivity index (χ4n) is 3.47. The average molecular weight is 468 g/mol. The number of nitrogens with one attached hydrogen (secondary N) is 3. The minimum atomic E-state index is -0.344.